The number of nitrogens with one attached hydrogen (secondary N) is 1. The molecule has 44 heavy (non-hydrogen) atoms. The monoisotopic (exact) mass is 683 g/mol. The third-order valence-electron chi connectivity index (χ3n) is 7.74. The highest BCUT2D eigenvalue weighted by Crippen LogP contribution is 2.43. The lowest BCUT2D eigenvalue weighted by molar-refractivity contribution is -0.0273. The number of anilines is 2. The predicted molar refractivity (Wildman–Crippen MR) is 173 cm³/mol. The van der Waals surface area contributed by atoms with Crippen molar-refractivity contribution in [2.24, 2.45) is 0 Å². The van der Waals surface area contributed by atoms with Gasteiger partial charge in [0.1, 0.15) is 30.3 Å². The van der Waals surface area contributed by atoms with E-state index in [9.17, 15) is 12.8 Å². The van der Waals surface area contributed by atoms with E-state index in [0.29, 0.717) is 52.0 Å². The van der Waals surface area contributed by atoms with Crippen LogP contribution in [0, 0.1) is 5.82 Å². The van der Waals surface area contributed by atoms with Crippen molar-refractivity contribution in [2.45, 2.75) is 64.0 Å². The standard InChI is InChI=1S/C32H35BrFN5O4S/c1-5-30(39(6-2)44(40,41)21(3)4)32(13-8-14-43-32)29-17-25-27(18-35-29)36-20-37-31(25)38-24-11-12-28(26(33)16-24)42-19-22-9-7-10-23(34)15-22/h7-12,14-18,20-21,30H,5-6,13,19H2,1-4H3,(H,36,37,38). The number of fused-ring (bicyclic) bond motifs is 1. The van der Waals surface area contributed by atoms with Crippen LogP contribution in [0.3, 0.4) is 0 Å². The lowest BCUT2D eigenvalue weighted by Gasteiger charge is -2.42. The first-order valence-corrected chi connectivity index (χ1v) is 16.8. The zero-order valence-corrected chi connectivity index (χ0v) is 27.4. The topological polar surface area (TPSA) is 107 Å². The van der Waals surface area contributed by atoms with Gasteiger partial charge in [-0.2, -0.15) is 4.31 Å². The Kier molecular flexibility index (Phi) is 9.52. The van der Waals surface area contributed by atoms with E-state index in [2.05, 4.69) is 31.2 Å². The van der Waals surface area contributed by atoms with Crippen LogP contribution in [0.15, 0.2) is 77.9 Å². The van der Waals surface area contributed by atoms with Crippen LogP contribution in [0.2, 0.25) is 0 Å². The summed E-state index contributed by atoms with van der Waals surface area (Å²) in [5.74, 6) is 0.847. The highest BCUT2D eigenvalue weighted by Gasteiger charge is 2.49. The number of hydrogen-bond acceptors (Lipinski definition) is 8. The molecule has 9 nitrogen and oxygen atoms in total. The minimum absolute atomic E-state index is 0.223. The van der Waals surface area contributed by atoms with E-state index in [1.54, 1.807) is 42.7 Å². The number of likely N-dealkylation sites (N-methyl/N-ethyl adjacent to an activating group) is 1. The molecule has 1 N–H and O–H groups in total. The zero-order valence-electron chi connectivity index (χ0n) is 25.0. The summed E-state index contributed by atoms with van der Waals surface area (Å²) in [7, 11) is -3.58. The Bertz CT molecular complexity index is 1780. The second kappa shape index (κ2) is 13.2. The van der Waals surface area contributed by atoms with Gasteiger partial charge in [0.2, 0.25) is 10.0 Å². The third-order valence-corrected chi connectivity index (χ3v) is 10.7. The van der Waals surface area contributed by atoms with E-state index in [-0.39, 0.29) is 12.4 Å². The summed E-state index contributed by atoms with van der Waals surface area (Å²) in [6.45, 7) is 7.73. The maximum atomic E-state index is 13.5. The number of nitrogens with zero attached hydrogens (tertiary/aromatic N) is 4. The fourth-order valence-electron chi connectivity index (χ4n) is 5.52. The van der Waals surface area contributed by atoms with Crippen LogP contribution < -0.4 is 10.1 Å². The molecule has 0 aliphatic carbocycles. The Morgan fingerprint density at radius 1 is 1.14 bits per heavy atom. The largest absolute Gasteiger partial charge is 0.488 e. The van der Waals surface area contributed by atoms with Crippen LogP contribution in [0.25, 0.3) is 10.9 Å². The van der Waals surface area contributed by atoms with Gasteiger partial charge in [0.05, 0.1) is 39.4 Å². The molecule has 0 fully saturated rings. The molecule has 2 atom stereocenters. The van der Waals surface area contributed by atoms with Crippen molar-refractivity contribution < 1.29 is 22.3 Å². The molecule has 232 valence electrons. The van der Waals surface area contributed by atoms with Crippen molar-refractivity contribution in [3.05, 3.63) is 94.9 Å². The van der Waals surface area contributed by atoms with Crippen LogP contribution >= 0.6 is 15.9 Å². The van der Waals surface area contributed by atoms with Crippen LogP contribution in [0.5, 0.6) is 5.75 Å². The van der Waals surface area contributed by atoms with Gasteiger partial charge in [-0.3, -0.25) is 4.98 Å². The number of hydrogen-bond donors (Lipinski definition) is 1. The molecule has 0 spiro atoms. The van der Waals surface area contributed by atoms with Gasteiger partial charge in [-0.05, 0) is 84.2 Å². The summed E-state index contributed by atoms with van der Waals surface area (Å²) >= 11 is 3.57. The van der Waals surface area contributed by atoms with Crippen molar-refractivity contribution in [1.29, 1.82) is 0 Å². The maximum absolute atomic E-state index is 13.5. The molecular weight excluding hydrogens is 649 g/mol. The fourth-order valence-corrected chi connectivity index (χ4v) is 7.58. The number of ether oxygens (including phenoxy) is 2. The summed E-state index contributed by atoms with van der Waals surface area (Å²) in [4.78, 5) is 13.7. The summed E-state index contributed by atoms with van der Waals surface area (Å²) in [6, 6.07) is 13.2. The summed E-state index contributed by atoms with van der Waals surface area (Å²) in [6.07, 6.45) is 7.65. The normalized spacial score (nSPS) is 17.3. The summed E-state index contributed by atoms with van der Waals surface area (Å²) in [5, 5.41) is 3.50. The van der Waals surface area contributed by atoms with Crippen LogP contribution in [0.1, 0.15) is 51.8 Å². The van der Waals surface area contributed by atoms with Crippen LogP contribution in [0.4, 0.5) is 15.9 Å². The Balaban J connectivity index is 1.46. The number of halogens is 2. The number of aromatic nitrogens is 3. The van der Waals surface area contributed by atoms with Crippen molar-refractivity contribution in [2.75, 3.05) is 11.9 Å². The molecule has 0 saturated heterocycles. The van der Waals surface area contributed by atoms with E-state index in [1.165, 1.54) is 18.5 Å². The van der Waals surface area contributed by atoms with E-state index >= 15 is 0 Å². The SMILES string of the molecule is CCC(N(CC)S(=O)(=O)C(C)C)C1(c2cc3c(Nc4ccc(OCc5cccc(F)c5)c(Br)c4)ncnc3cn2)CC=CO1. The Labute approximate surface area is 265 Å². The van der Waals surface area contributed by atoms with Gasteiger partial charge >= 0.3 is 0 Å². The van der Waals surface area contributed by atoms with Gasteiger partial charge in [-0.25, -0.2) is 22.8 Å². The molecular formula is C32H35BrFN5O4S. The smallest absolute Gasteiger partial charge is 0.216 e. The second-order valence-corrected chi connectivity index (χ2v) is 14.1. The second-order valence-electron chi connectivity index (χ2n) is 10.8. The van der Waals surface area contributed by atoms with Gasteiger partial charge < -0.3 is 14.8 Å². The van der Waals surface area contributed by atoms with Crippen molar-refractivity contribution in [1.82, 2.24) is 19.3 Å². The predicted octanol–water partition coefficient (Wildman–Crippen LogP) is 7.22. The molecule has 0 amide bonds. The lowest BCUT2D eigenvalue weighted by atomic mass is 9.85. The molecule has 1 aliphatic rings. The number of sulfonamides is 1. The Morgan fingerprint density at radius 3 is 2.61 bits per heavy atom. The molecule has 5 rings (SSSR count). The summed E-state index contributed by atoms with van der Waals surface area (Å²) in [5.41, 5.74) is 1.67. The van der Waals surface area contributed by atoms with E-state index in [4.69, 9.17) is 14.5 Å². The maximum Gasteiger partial charge on any atom is 0.216 e. The third kappa shape index (κ3) is 6.29. The fraction of sp³-hybridized carbons (Fsp3) is 0.344. The number of benzene rings is 2. The lowest BCUT2D eigenvalue weighted by Crippen LogP contribution is -2.54. The van der Waals surface area contributed by atoms with Gasteiger partial charge in [0.15, 0.2) is 5.60 Å². The Morgan fingerprint density at radius 2 is 1.95 bits per heavy atom. The van der Waals surface area contributed by atoms with Crippen LogP contribution in [-0.2, 0) is 27.0 Å². The summed E-state index contributed by atoms with van der Waals surface area (Å²) < 4.78 is 54.8. The van der Waals surface area contributed by atoms with Gasteiger partial charge in [0.25, 0.3) is 0 Å². The molecule has 0 bridgehead atoms. The minimum atomic E-state index is -3.58. The molecule has 1 aliphatic heterocycles. The molecule has 3 heterocycles. The highest BCUT2D eigenvalue weighted by atomic mass is 79.9. The number of pyridine rings is 1. The Hall–Kier alpha value is -3.61. The highest BCUT2D eigenvalue weighted by molar-refractivity contribution is 9.10. The van der Waals surface area contributed by atoms with E-state index in [0.717, 1.165) is 11.3 Å². The van der Waals surface area contributed by atoms with E-state index in [1.807, 2.05) is 44.2 Å². The van der Waals surface area contributed by atoms with Crippen LogP contribution in [-0.4, -0.2) is 45.5 Å². The first-order chi connectivity index (χ1) is 21.1. The first-order valence-electron chi connectivity index (χ1n) is 14.5. The minimum Gasteiger partial charge on any atom is -0.488 e. The average Bonchev–Trinajstić information content (AvgIpc) is 3.50. The van der Waals surface area contributed by atoms with E-state index < -0.39 is 26.9 Å². The van der Waals surface area contributed by atoms with Gasteiger partial charge in [-0.1, -0.05) is 26.0 Å². The molecule has 2 unspecified atom stereocenters. The van der Waals surface area contributed by atoms with Gasteiger partial charge in [-0.15, -0.1) is 0 Å². The van der Waals surface area contributed by atoms with Crippen molar-refractivity contribution in [3.63, 3.8) is 0 Å². The number of rotatable bonds is 12. The van der Waals surface area contributed by atoms with Crippen molar-refractivity contribution >= 4 is 48.4 Å². The average molecular weight is 685 g/mol. The molecule has 2 aromatic heterocycles. The quantitative estimate of drug-likeness (QED) is 0.167. The molecule has 4 aromatic rings. The zero-order chi connectivity index (χ0) is 31.5. The molecule has 2 aromatic carbocycles. The molecule has 0 saturated carbocycles. The molecule has 0 radical (unpaired) electrons. The molecule has 12 heteroatoms. The van der Waals surface area contributed by atoms with Gasteiger partial charge in [0, 0.05) is 24.0 Å². The first kappa shape index (κ1) is 31.8. The van der Waals surface area contributed by atoms with Crippen molar-refractivity contribution in [3.8, 4) is 5.75 Å².